The molecule has 1 aromatic rings. The molecule has 1 heterocycles. The Morgan fingerprint density at radius 1 is 1.53 bits per heavy atom. The molecule has 17 heavy (non-hydrogen) atoms. The first kappa shape index (κ1) is 12.9. The van der Waals surface area contributed by atoms with Crippen LogP contribution in [0.1, 0.15) is 19.5 Å². The highest BCUT2D eigenvalue weighted by atomic mass is 16.4. The number of aliphatic carboxylic acids is 1. The number of carboxylic acids is 1. The van der Waals surface area contributed by atoms with E-state index in [0.29, 0.717) is 12.4 Å². The van der Waals surface area contributed by atoms with Crippen LogP contribution in [0.2, 0.25) is 0 Å². The maximum absolute atomic E-state index is 10.8. The quantitative estimate of drug-likeness (QED) is 0.813. The number of nitriles is 1. The molecule has 6 nitrogen and oxygen atoms in total. The van der Waals surface area contributed by atoms with Crippen molar-refractivity contribution in [3.8, 4) is 6.07 Å². The van der Waals surface area contributed by atoms with E-state index in [4.69, 9.17) is 10.4 Å². The summed E-state index contributed by atoms with van der Waals surface area (Å²) in [6.45, 7) is 4.26. The lowest BCUT2D eigenvalue weighted by Crippen LogP contribution is -2.34. The molecule has 0 aromatic carbocycles. The van der Waals surface area contributed by atoms with Gasteiger partial charge in [-0.1, -0.05) is 13.8 Å². The molecule has 0 aliphatic carbocycles. The number of aromatic nitrogens is 2. The van der Waals surface area contributed by atoms with Gasteiger partial charge in [-0.05, 0) is 5.92 Å². The third-order valence-electron chi connectivity index (χ3n) is 2.00. The Morgan fingerprint density at radius 3 is 2.71 bits per heavy atom. The van der Waals surface area contributed by atoms with Crippen molar-refractivity contribution in [3.63, 3.8) is 0 Å². The lowest BCUT2D eigenvalue weighted by Gasteiger charge is -2.23. The van der Waals surface area contributed by atoms with Gasteiger partial charge < -0.3 is 10.0 Å². The normalized spacial score (nSPS) is 10.0. The smallest absolute Gasteiger partial charge is 0.323 e. The van der Waals surface area contributed by atoms with Gasteiger partial charge in [-0.2, -0.15) is 5.26 Å². The Hall–Kier alpha value is -2.16. The molecule has 90 valence electrons. The average molecular weight is 234 g/mol. The van der Waals surface area contributed by atoms with Crippen molar-refractivity contribution in [2.24, 2.45) is 5.92 Å². The molecule has 1 rings (SSSR count). The van der Waals surface area contributed by atoms with Crippen molar-refractivity contribution in [1.82, 2.24) is 9.97 Å². The zero-order valence-corrected chi connectivity index (χ0v) is 9.79. The molecule has 0 saturated carbocycles. The van der Waals surface area contributed by atoms with Gasteiger partial charge in [0.25, 0.3) is 0 Å². The SMILES string of the molecule is CC(C)CN(CC(=O)O)c1nccnc1C#N. The Morgan fingerprint density at radius 2 is 2.18 bits per heavy atom. The number of rotatable bonds is 5. The van der Waals surface area contributed by atoms with E-state index in [-0.39, 0.29) is 18.2 Å². The van der Waals surface area contributed by atoms with E-state index in [2.05, 4.69) is 9.97 Å². The molecule has 0 fully saturated rings. The second-order valence-electron chi connectivity index (χ2n) is 4.01. The van der Waals surface area contributed by atoms with Gasteiger partial charge in [0.15, 0.2) is 11.5 Å². The summed E-state index contributed by atoms with van der Waals surface area (Å²) in [5.41, 5.74) is 0.148. The summed E-state index contributed by atoms with van der Waals surface area (Å²) in [6, 6.07) is 1.91. The largest absolute Gasteiger partial charge is 0.480 e. The summed E-state index contributed by atoms with van der Waals surface area (Å²) in [5, 5.41) is 17.8. The number of hydrogen-bond donors (Lipinski definition) is 1. The van der Waals surface area contributed by atoms with E-state index in [0.717, 1.165) is 0 Å². The van der Waals surface area contributed by atoms with Gasteiger partial charge >= 0.3 is 5.97 Å². The van der Waals surface area contributed by atoms with Crippen molar-refractivity contribution < 1.29 is 9.90 Å². The van der Waals surface area contributed by atoms with Crippen molar-refractivity contribution in [2.45, 2.75) is 13.8 Å². The van der Waals surface area contributed by atoms with Gasteiger partial charge in [-0.25, -0.2) is 9.97 Å². The van der Waals surface area contributed by atoms with Gasteiger partial charge in [-0.3, -0.25) is 4.79 Å². The summed E-state index contributed by atoms with van der Waals surface area (Å²) in [7, 11) is 0. The Balaban J connectivity index is 3.03. The molecular weight excluding hydrogens is 220 g/mol. The van der Waals surface area contributed by atoms with Gasteiger partial charge in [0.05, 0.1) is 0 Å². The number of hydrogen-bond acceptors (Lipinski definition) is 5. The maximum atomic E-state index is 10.8. The van der Waals surface area contributed by atoms with Crippen LogP contribution in [0.3, 0.4) is 0 Å². The summed E-state index contributed by atoms with van der Waals surface area (Å²) in [6.07, 6.45) is 2.86. The molecular formula is C11H14N4O2. The minimum atomic E-state index is -0.958. The Bertz CT molecular complexity index is 439. The standard InChI is InChI=1S/C11H14N4O2/c1-8(2)6-15(7-10(16)17)11-9(5-12)13-3-4-14-11/h3-4,8H,6-7H2,1-2H3,(H,16,17). The molecule has 0 radical (unpaired) electrons. The zero-order valence-electron chi connectivity index (χ0n) is 9.79. The van der Waals surface area contributed by atoms with Crippen LogP contribution in [-0.2, 0) is 4.79 Å². The lowest BCUT2D eigenvalue weighted by molar-refractivity contribution is -0.135. The van der Waals surface area contributed by atoms with Gasteiger partial charge in [0.2, 0.25) is 0 Å². The molecule has 0 aliphatic rings. The van der Waals surface area contributed by atoms with Crippen molar-refractivity contribution in [2.75, 3.05) is 18.0 Å². The molecule has 0 spiro atoms. The highest BCUT2D eigenvalue weighted by Gasteiger charge is 2.17. The first-order chi connectivity index (χ1) is 8.04. The number of anilines is 1. The zero-order chi connectivity index (χ0) is 12.8. The summed E-state index contributed by atoms with van der Waals surface area (Å²) in [4.78, 5) is 20.3. The maximum Gasteiger partial charge on any atom is 0.323 e. The van der Waals surface area contributed by atoms with Crippen LogP contribution in [-0.4, -0.2) is 34.1 Å². The predicted molar refractivity (Wildman–Crippen MR) is 61.4 cm³/mol. The van der Waals surface area contributed by atoms with Crippen LogP contribution in [0.15, 0.2) is 12.4 Å². The van der Waals surface area contributed by atoms with Crippen molar-refractivity contribution in [3.05, 3.63) is 18.1 Å². The average Bonchev–Trinajstić information content (AvgIpc) is 2.27. The number of carboxylic acid groups (broad SMARTS) is 1. The van der Waals surface area contributed by atoms with Crippen molar-refractivity contribution in [1.29, 1.82) is 5.26 Å². The molecule has 0 aliphatic heterocycles. The molecule has 0 saturated heterocycles. The van der Waals surface area contributed by atoms with Crippen LogP contribution < -0.4 is 4.90 Å². The molecule has 0 amide bonds. The second-order valence-corrected chi connectivity index (χ2v) is 4.01. The minimum absolute atomic E-state index is 0.148. The predicted octanol–water partition coefficient (Wildman–Crippen LogP) is 0.895. The molecule has 0 atom stereocenters. The van der Waals surface area contributed by atoms with E-state index in [1.807, 2.05) is 19.9 Å². The Kier molecular flexibility index (Phi) is 4.40. The first-order valence-corrected chi connectivity index (χ1v) is 5.22. The number of carbonyl (C=O) groups is 1. The van der Waals surface area contributed by atoms with Gasteiger partial charge in [-0.15, -0.1) is 0 Å². The monoisotopic (exact) mass is 234 g/mol. The van der Waals surface area contributed by atoms with E-state index < -0.39 is 5.97 Å². The molecule has 0 unspecified atom stereocenters. The van der Waals surface area contributed by atoms with Crippen LogP contribution in [0.4, 0.5) is 5.82 Å². The topological polar surface area (TPSA) is 90.1 Å². The van der Waals surface area contributed by atoms with E-state index >= 15 is 0 Å². The fourth-order valence-corrected chi connectivity index (χ4v) is 1.47. The van der Waals surface area contributed by atoms with Crippen molar-refractivity contribution >= 4 is 11.8 Å². The highest BCUT2D eigenvalue weighted by Crippen LogP contribution is 2.15. The van der Waals surface area contributed by atoms with Crippen LogP contribution in [0.5, 0.6) is 0 Å². The van der Waals surface area contributed by atoms with Gasteiger partial charge in [0.1, 0.15) is 12.6 Å². The van der Waals surface area contributed by atoms with E-state index in [1.165, 1.54) is 12.4 Å². The van der Waals surface area contributed by atoms with E-state index in [1.54, 1.807) is 4.90 Å². The summed E-state index contributed by atoms with van der Waals surface area (Å²) < 4.78 is 0. The minimum Gasteiger partial charge on any atom is -0.480 e. The number of nitrogens with zero attached hydrogens (tertiary/aromatic N) is 4. The fraction of sp³-hybridized carbons (Fsp3) is 0.455. The lowest BCUT2D eigenvalue weighted by atomic mass is 10.2. The second kappa shape index (κ2) is 5.80. The molecule has 1 aromatic heterocycles. The van der Waals surface area contributed by atoms with Crippen LogP contribution in [0, 0.1) is 17.2 Å². The first-order valence-electron chi connectivity index (χ1n) is 5.22. The third-order valence-corrected chi connectivity index (χ3v) is 2.00. The van der Waals surface area contributed by atoms with Crippen LogP contribution in [0.25, 0.3) is 0 Å². The van der Waals surface area contributed by atoms with E-state index in [9.17, 15) is 4.79 Å². The molecule has 6 heteroatoms. The molecule has 1 N–H and O–H groups in total. The third kappa shape index (κ3) is 3.72. The van der Waals surface area contributed by atoms with Crippen LogP contribution >= 0.6 is 0 Å². The highest BCUT2D eigenvalue weighted by molar-refractivity contribution is 5.73. The molecule has 0 bridgehead atoms. The van der Waals surface area contributed by atoms with Gasteiger partial charge in [0, 0.05) is 18.9 Å². The Labute approximate surface area is 99.5 Å². The fourth-order valence-electron chi connectivity index (χ4n) is 1.47. The summed E-state index contributed by atoms with van der Waals surface area (Å²) >= 11 is 0. The summed E-state index contributed by atoms with van der Waals surface area (Å²) in [5.74, 6) is -0.366.